The Bertz CT molecular complexity index is 26.3. The fraction of sp³-hybridized carbons (Fsp3) is 1.00. The Morgan fingerprint density at radius 1 is 1.17 bits per heavy atom. The van der Waals surface area contributed by atoms with E-state index < -0.39 is 7.38 Å². The van der Waals surface area contributed by atoms with E-state index in [1.165, 1.54) is 0 Å². The minimum atomic E-state index is -1.14. The quantitative estimate of drug-likeness (QED) is 0.375. The van der Waals surface area contributed by atoms with E-state index in [2.05, 4.69) is 19.6 Å². The van der Waals surface area contributed by atoms with Gasteiger partial charge < -0.3 is 0 Å². The molecule has 0 aliphatic heterocycles. The van der Waals surface area contributed by atoms with Crippen molar-refractivity contribution in [2.24, 2.45) is 0 Å². The second kappa shape index (κ2) is 3.14. The minimum absolute atomic E-state index is 0. The molecule has 0 N–H and O–H groups in total. The minimum Gasteiger partial charge on any atom is -0.168 e. The van der Waals surface area contributed by atoms with Gasteiger partial charge >= 0.3 is 0 Å². The van der Waals surface area contributed by atoms with Gasteiger partial charge in [-0.2, -0.15) is 11.1 Å². The summed E-state index contributed by atoms with van der Waals surface area (Å²) in [5, 5.41) is 0. The third-order valence-electron chi connectivity index (χ3n) is 0. The largest absolute Gasteiger partial charge is 0.168 e. The Morgan fingerprint density at radius 2 is 1.17 bits per heavy atom. The van der Waals surface area contributed by atoms with Crippen LogP contribution in [0.3, 0.4) is 0 Å². The zero-order valence-corrected chi connectivity index (χ0v) is 7.48. The van der Waals surface area contributed by atoms with Crippen LogP contribution in [0.2, 0.25) is 19.6 Å². The maximum absolute atomic E-state index is 5.67. The Morgan fingerprint density at radius 3 is 1.17 bits per heavy atom. The monoisotopic (exact) mass is 159 g/mol. The molecule has 0 spiro atoms. The molecule has 3 heteroatoms. The molecule has 0 aliphatic carbocycles. The third-order valence-corrected chi connectivity index (χ3v) is 0. The van der Waals surface area contributed by atoms with E-state index in [4.69, 9.17) is 11.1 Å². The van der Waals surface area contributed by atoms with Gasteiger partial charge in [0.25, 0.3) is 0 Å². The van der Waals surface area contributed by atoms with Crippen molar-refractivity contribution in [2.45, 2.75) is 19.6 Å². The molecule has 0 aromatic rings. The predicted molar refractivity (Wildman–Crippen MR) is 29.2 cm³/mol. The van der Waals surface area contributed by atoms with Gasteiger partial charge in [0, 0.05) is 18.6 Å². The van der Waals surface area contributed by atoms with Crippen LogP contribution in [0.5, 0.6) is 0 Å². The van der Waals surface area contributed by atoms with Crippen LogP contribution >= 0.6 is 11.1 Å². The summed E-state index contributed by atoms with van der Waals surface area (Å²) in [4.78, 5) is 0. The molecule has 0 nitrogen and oxygen atoms in total. The van der Waals surface area contributed by atoms with Crippen molar-refractivity contribution < 1.29 is 18.6 Å². The molecule has 0 saturated carbocycles. The van der Waals surface area contributed by atoms with Crippen molar-refractivity contribution in [3.05, 3.63) is 0 Å². The maximum Gasteiger partial charge on any atom is 0.147 e. The van der Waals surface area contributed by atoms with Gasteiger partial charge in [-0.1, -0.05) is 19.6 Å². The summed E-state index contributed by atoms with van der Waals surface area (Å²) in [7, 11) is -1.14. The van der Waals surface area contributed by atoms with E-state index >= 15 is 0 Å². The standard InChI is InChI=1S/C3H9ClSi.V/c1-5(2,3)4;/h1-3H3;. The van der Waals surface area contributed by atoms with Crippen LogP contribution in [-0.4, -0.2) is 7.38 Å². The first kappa shape index (κ1) is 10.2. The number of rotatable bonds is 0. The molecule has 0 fully saturated rings. The van der Waals surface area contributed by atoms with Crippen LogP contribution in [-0.2, 0) is 18.6 Å². The van der Waals surface area contributed by atoms with Crippen molar-refractivity contribution in [1.29, 1.82) is 0 Å². The van der Waals surface area contributed by atoms with Crippen molar-refractivity contribution in [3.8, 4) is 0 Å². The molecule has 0 bridgehead atoms. The fourth-order valence-electron chi connectivity index (χ4n) is 0. The van der Waals surface area contributed by atoms with Crippen molar-refractivity contribution in [1.82, 2.24) is 0 Å². The summed E-state index contributed by atoms with van der Waals surface area (Å²) in [5.74, 6) is 0. The van der Waals surface area contributed by atoms with E-state index in [0.29, 0.717) is 0 Å². The molecule has 0 saturated heterocycles. The first-order valence-electron chi connectivity index (χ1n) is 1.69. The first-order valence-corrected chi connectivity index (χ1v) is 6.20. The fourth-order valence-corrected chi connectivity index (χ4v) is 0. The summed E-state index contributed by atoms with van der Waals surface area (Å²) in [6, 6.07) is 0. The Labute approximate surface area is 56.9 Å². The molecule has 6 heavy (non-hydrogen) atoms. The number of halogens is 1. The molecule has 0 aromatic heterocycles. The molecule has 0 rings (SSSR count). The summed E-state index contributed by atoms with van der Waals surface area (Å²) >= 11 is 5.67. The first-order chi connectivity index (χ1) is 2.00. The van der Waals surface area contributed by atoms with Crippen LogP contribution in [0.4, 0.5) is 0 Å². The van der Waals surface area contributed by atoms with Crippen LogP contribution in [0, 0.1) is 0 Å². The van der Waals surface area contributed by atoms with Gasteiger partial charge in [0.05, 0.1) is 0 Å². The molecule has 1 radical (unpaired) electrons. The summed E-state index contributed by atoms with van der Waals surface area (Å²) in [5.41, 5.74) is 0. The topological polar surface area (TPSA) is 0 Å². The van der Waals surface area contributed by atoms with Crippen LogP contribution in [0.25, 0.3) is 0 Å². The van der Waals surface area contributed by atoms with E-state index in [1.54, 1.807) is 0 Å². The predicted octanol–water partition coefficient (Wildman–Crippen LogP) is 2.06. The van der Waals surface area contributed by atoms with E-state index in [0.717, 1.165) is 0 Å². The smallest absolute Gasteiger partial charge is 0.147 e. The summed E-state index contributed by atoms with van der Waals surface area (Å²) < 4.78 is 0. The molecule has 37 valence electrons. The van der Waals surface area contributed by atoms with Crippen LogP contribution in [0.15, 0.2) is 0 Å². The third kappa shape index (κ3) is 71.6. The SMILES string of the molecule is C[Si](C)(C)Cl.[V]. The molecular weight excluding hydrogens is 151 g/mol. The molecule has 0 atom stereocenters. The van der Waals surface area contributed by atoms with Crippen LogP contribution in [0.1, 0.15) is 0 Å². The zero-order chi connectivity index (χ0) is 4.50. The van der Waals surface area contributed by atoms with Gasteiger partial charge in [0.1, 0.15) is 7.38 Å². The van der Waals surface area contributed by atoms with Crippen LogP contribution < -0.4 is 0 Å². The Hall–Kier alpha value is 1.09. The van der Waals surface area contributed by atoms with Crippen molar-refractivity contribution in [2.75, 3.05) is 0 Å². The average molecular weight is 160 g/mol. The number of hydrogen-bond acceptors (Lipinski definition) is 0. The van der Waals surface area contributed by atoms with Gasteiger partial charge in [-0.3, -0.25) is 0 Å². The average Bonchev–Trinajstić information content (AvgIpc) is 0.722. The van der Waals surface area contributed by atoms with Gasteiger partial charge in [-0.25, -0.2) is 0 Å². The zero-order valence-electron chi connectivity index (χ0n) is 4.33. The van der Waals surface area contributed by atoms with Gasteiger partial charge in [-0.05, 0) is 0 Å². The Balaban J connectivity index is 0. The van der Waals surface area contributed by atoms with Gasteiger partial charge in [0.15, 0.2) is 0 Å². The summed E-state index contributed by atoms with van der Waals surface area (Å²) in [6.45, 7) is 6.28. The van der Waals surface area contributed by atoms with Gasteiger partial charge in [-0.15, -0.1) is 0 Å². The molecule has 0 unspecified atom stereocenters. The van der Waals surface area contributed by atoms with E-state index in [9.17, 15) is 0 Å². The second-order valence-electron chi connectivity index (χ2n) is 2.07. The van der Waals surface area contributed by atoms with Crippen molar-refractivity contribution in [3.63, 3.8) is 0 Å². The second-order valence-corrected chi connectivity index (χ2v) is 9.60. The molecule has 0 heterocycles. The molecule has 0 aromatic carbocycles. The maximum atomic E-state index is 5.67. The van der Waals surface area contributed by atoms with Crippen molar-refractivity contribution >= 4 is 18.5 Å². The van der Waals surface area contributed by atoms with E-state index in [1.807, 2.05) is 0 Å². The summed E-state index contributed by atoms with van der Waals surface area (Å²) in [6.07, 6.45) is 0. The van der Waals surface area contributed by atoms with Gasteiger partial charge in [0.2, 0.25) is 0 Å². The molecule has 0 aliphatic rings. The van der Waals surface area contributed by atoms with E-state index in [-0.39, 0.29) is 18.6 Å². The molecule has 0 amide bonds. The molecular formula is C3H9ClSiV. The Kier molecular flexibility index (Phi) is 5.31. The normalized spacial score (nSPS) is 10.0. The number of hydrogen-bond donors (Lipinski definition) is 0.